The molecule has 4 aliphatic rings. The highest BCUT2D eigenvalue weighted by atomic mass is 16.7. The molecule has 3 aliphatic heterocycles. The van der Waals surface area contributed by atoms with Crippen molar-refractivity contribution in [1.29, 1.82) is 0 Å². The van der Waals surface area contributed by atoms with Crippen molar-refractivity contribution in [2.75, 3.05) is 20.2 Å². The molecule has 1 saturated carbocycles. The summed E-state index contributed by atoms with van der Waals surface area (Å²) in [6.07, 6.45) is 8.52. The number of hydrogen-bond acceptors (Lipinski definition) is 5. The number of hydrogen-bond donors (Lipinski definition) is 0. The lowest BCUT2D eigenvalue weighted by molar-refractivity contribution is -0.0439. The van der Waals surface area contributed by atoms with E-state index in [1.165, 1.54) is 36.9 Å². The molecule has 190 valence electrons. The van der Waals surface area contributed by atoms with Crippen LogP contribution >= 0.6 is 0 Å². The van der Waals surface area contributed by atoms with Crippen LogP contribution in [0.2, 0.25) is 0 Å². The third-order valence-electron chi connectivity index (χ3n) is 8.44. The molecule has 36 heavy (non-hydrogen) atoms. The zero-order valence-corrected chi connectivity index (χ0v) is 21.8. The van der Waals surface area contributed by atoms with E-state index < -0.39 is 5.79 Å². The van der Waals surface area contributed by atoms with E-state index in [4.69, 9.17) is 14.2 Å². The predicted octanol–water partition coefficient (Wildman–Crippen LogP) is 5.72. The van der Waals surface area contributed by atoms with E-state index in [0.29, 0.717) is 46.9 Å². The van der Waals surface area contributed by atoms with Crippen molar-refractivity contribution in [3.05, 3.63) is 59.3 Å². The molecule has 1 unspecified atom stereocenters. The molecule has 3 atom stereocenters. The maximum Gasteiger partial charge on any atom is 0.254 e. The van der Waals surface area contributed by atoms with Crippen LogP contribution in [-0.2, 0) is 0 Å². The van der Waals surface area contributed by atoms with Crippen LogP contribution in [0.3, 0.4) is 0 Å². The summed E-state index contributed by atoms with van der Waals surface area (Å²) in [5.74, 6) is 0.856. The van der Waals surface area contributed by atoms with Crippen LogP contribution < -0.4 is 14.2 Å². The summed E-state index contributed by atoms with van der Waals surface area (Å²) in [5, 5.41) is 0. The Morgan fingerprint density at radius 3 is 2.69 bits per heavy atom. The van der Waals surface area contributed by atoms with Gasteiger partial charge in [0, 0.05) is 43.7 Å². The van der Waals surface area contributed by atoms with Gasteiger partial charge in [-0.1, -0.05) is 50.1 Å². The normalized spacial score (nSPS) is 29.2. The zero-order chi connectivity index (χ0) is 25.1. The third-order valence-corrected chi connectivity index (χ3v) is 8.44. The molecule has 1 amide bonds. The first-order valence-electron chi connectivity index (χ1n) is 13.2. The Morgan fingerprint density at radius 1 is 1.11 bits per heavy atom. The molecule has 3 fully saturated rings. The van der Waals surface area contributed by atoms with Crippen molar-refractivity contribution >= 4 is 12.0 Å². The molecule has 6 rings (SSSR count). The van der Waals surface area contributed by atoms with Crippen molar-refractivity contribution in [1.82, 2.24) is 9.80 Å². The van der Waals surface area contributed by atoms with E-state index in [0.717, 1.165) is 13.0 Å². The van der Waals surface area contributed by atoms with E-state index >= 15 is 0 Å². The number of benzene rings is 2. The highest BCUT2D eigenvalue weighted by Crippen LogP contribution is 2.52. The van der Waals surface area contributed by atoms with Crippen LogP contribution in [0.25, 0.3) is 6.08 Å². The van der Waals surface area contributed by atoms with Gasteiger partial charge in [-0.05, 0) is 48.4 Å². The number of rotatable bonds is 3. The Morgan fingerprint density at radius 2 is 1.92 bits per heavy atom. The Labute approximate surface area is 213 Å². The number of ether oxygens (including phenoxy) is 3. The molecule has 0 N–H and O–H groups in total. The SMILES string of the molecule is COc1cc(C(=O)N2C/C(=C/c3ccccc3)N3[C@H](C2)CC2(C)CCCC[C@H]32)cc2c1OC(C)(C)O2. The van der Waals surface area contributed by atoms with E-state index in [1.54, 1.807) is 19.2 Å². The summed E-state index contributed by atoms with van der Waals surface area (Å²) in [4.78, 5) is 18.6. The Kier molecular flexibility index (Phi) is 5.47. The number of fused-ring (bicyclic) bond motifs is 4. The second-order valence-electron chi connectivity index (χ2n) is 11.5. The summed E-state index contributed by atoms with van der Waals surface area (Å²) in [7, 11) is 1.60. The lowest BCUT2D eigenvalue weighted by Gasteiger charge is -2.46. The summed E-state index contributed by atoms with van der Waals surface area (Å²) >= 11 is 0. The minimum absolute atomic E-state index is 0.00282. The molecular weight excluding hydrogens is 452 g/mol. The second-order valence-corrected chi connectivity index (χ2v) is 11.5. The Hall–Kier alpha value is -3.15. The maximum atomic E-state index is 13.9. The zero-order valence-electron chi connectivity index (χ0n) is 21.8. The van der Waals surface area contributed by atoms with Gasteiger partial charge >= 0.3 is 0 Å². The predicted molar refractivity (Wildman–Crippen MR) is 139 cm³/mol. The maximum absolute atomic E-state index is 13.9. The van der Waals surface area contributed by atoms with Crippen molar-refractivity contribution in [2.24, 2.45) is 5.41 Å². The fourth-order valence-electron chi connectivity index (χ4n) is 6.93. The molecule has 0 bridgehead atoms. The smallest absolute Gasteiger partial charge is 0.254 e. The summed E-state index contributed by atoms with van der Waals surface area (Å²) in [6.45, 7) is 7.51. The van der Waals surface area contributed by atoms with Gasteiger partial charge in [-0.3, -0.25) is 4.79 Å². The highest BCUT2D eigenvalue weighted by Gasteiger charge is 2.52. The molecule has 2 saturated heterocycles. The van der Waals surface area contributed by atoms with Crippen LogP contribution in [0.4, 0.5) is 0 Å². The first kappa shape index (κ1) is 23.3. The van der Waals surface area contributed by atoms with Crippen molar-refractivity contribution in [3.63, 3.8) is 0 Å². The molecule has 0 spiro atoms. The average molecular weight is 489 g/mol. The molecule has 0 radical (unpaired) electrons. The van der Waals surface area contributed by atoms with Crippen LogP contribution in [0.15, 0.2) is 48.2 Å². The second kappa shape index (κ2) is 8.46. The molecule has 2 aromatic rings. The molecule has 1 aliphatic carbocycles. The number of carbonyl (C=O) groups excluding carboxylic acids is 1. The van der Waals surface area contributed by atoms with Gasteiger partial charge in [0.05, 0.1) is 13.7 Å². The molecule has 6 nitrogen and oxygen atoms in total. The van der Waals surface area contributed by atoms with Crippen LogP contribution in [0.1, 0.15) is 68.8 Å². The number of amides is 1. The van der Waals surface area contributed by atoms with Gasteiger partial charge in [0.2, 0.25) is 11.5 Å². The third kappa shape index (κ3) is 3.91. The fourth-order valence-corrected chi connectivity index (χ4v) is 6.93. The van der Waals surface area contributed by atoms with Crippen LogP contribution in [0, 0.1) is 5.41 Å². The number of nitrogens with zero attached hydrogens (tertiary/aromatic N) is 2. The van der Waals surface area contributed by atoms with Crippen molar-refractivity contribution in [3.8, 4) is 17.2 Å². The minimum Gasteiger partial charge on any atom is -0.493 e. The van der Waals surface area contributed by atoms with Crippen LogP contribution in [0.5, 0.6) is 17.2 Å². The summed E-state index contributed by atoms with van der Waals surface area (Å²) in [5.41, 5.74) is 3.30. The Bertz CT molecular complexity index is 1210. The van der Waals surface area contributed by atoms with Crippen LogP contribution in [-0.4, -0.2) is 53.8 Å². The molecule has 2 aromatic carbocycles. The first-order chi connectivity index (χ1) is 17.3. The van der Waals surface area contributed by atoms with Crippen molar-refractivity contribution in [2.45, 2.75) is 70.7 Å². The number of piperazine rings is 1. The quantitative estimate of drug-likeness (QED) is 0.553. The van der Waals surface area contributed by atoms with E-state index in [1.807, 2.05) is 24.8 Å². The highest BCUT2D eigenvalue weighted by molar-refractivity contribution is 5.96. The summed E-state index contributed by atoms with van der Waals surface area (Å²) < 4.78 is 17.5. The van der Waals surface area contributed by atoms with Gasteiger partial charge in [-0.15, -0.1) is 0 Å². The van der Waals surface area contributed by atoms with E-state index in [9.17, 15) is 4.79 Å². The Balaban J connectivity index is 1.35. The van der Waals surface area contributed by atoms with Gasteiger partial charge in [0.1, 0.15) is 0 Å². The lowest BCUT2D eigenvalue weighted by atomic mass is 9.71. The van der Waals surface area contributed by atoms with E-state index in [-0.39, 0.29) is 5.91 Å². The standard InChI is InChI=1S/C30H36N2O4/c1-29(2)35-25-16-21(15-24(34-4)27(25)36-29)28(33)31-18-22(14-20-10-6-5-7-11-20)32-23(19-31)17-30(3)13-9-8-12-26(30)32/h5-7,10-11,14-16,23,26H,8-9,12-13,17-19H2,1-4H3/b22-14-/t23-,26-,30?/m0/s1. The fraction of sp³-hybridized carbons (Fsp3) is 0.500. The van der Waals surface area contributed by atoms with E-state index in [2.05, 4.69) is 42.2 Å². The topological polar surface area (TPSA) is 51.2 Å². The molecule has 6 heteroatoms. The van der Waals surface area contributed by atoms with Gasteiger partial charge in [0.15, 0.2) is 11.5 Å². The minimum atomic E-state index is -0.788. The largest absolute Gasteiger partial charge is 0.493 e. The van der Waals surface area contributed by atoms with Gasteiger partial charge in [-0.25, -0.2) is 0 Å². The number of methoxy groups -OCH3 is 1. The van der Waals surface area contributed by atoms with Crippen molar-refractivity contribution < 1.29 is 19.0 Å². The molecule has 3 heterocycles. The van der Waals surface area contributed by atoms with Gasteiger partial charge in [0.25, 0.3) is 5.91 Å². The monoisotopic (exact) mass is 488 g/mol. The first-order valence-corrected chi connectivity index (χ1v) is 13.2. The molecular formula is C30H36N2O4. The van der Waals surface area contributed by atoms with Gasteiger partial charge < -0.3 is 24.0 Å². The number of carbonyl (C=O) groups is 1. The lowest BCUT2D eigenvalue weighted by Crippen LogP contribution is -2.53. The molecule has 0 aromatic heterocycles. The average Bonchev–Trinajstić information content (AvgIpc) is 3.34. The van der Waals surface area contributed by atoms with Gasteiger partial charge in [-0.2, -0.15) is 0 Å². The summed E-state index contributed by atoms with van der Waals surface area (Å²) in [6, 6.07) is 15.0.